The highest BCUT2D eigenvalue weighted by molar-refractivity contribution is 5.78. The van der Waals surface area contributed by atoms with Crippen molar-refractivity contribution in [1.82, 2.24) is 0 Å². The largest absolute Gasteiger partial charge is 0.508 e. The fourth-order valence-corrected chi connectivity index (χ4v) is 3.55. The zero-order valence-electron chi connectivity index (χ0n) is 20.9. The second-order valence-electron chi connectivity index (χ2n) is 8.07. The SMILES string of the molecule is COC(=O)OC(Cc1ccc(-c2ccccc2)cc1)C(=O)OCc1ccc(OCCCC=O)cc1OC. The predicted molar refractivity (Wildman–Crippen MR) is 136 cm³/mol. The Balaban J connectivity index is 1.65. The van der Waals surface area contributed by atoms with Crippen LogP contribution in [0.1, 0.15) is 24.0 Å². The second-order valence-corrected chi connectivity index (χ2v) is 8.07. The molecule has 0 fully saturated rings. The lowest BCUT2D eigenvalue weighted by Gasteiger charge is -2.17. The minimum atomic E-state index is -1.19. The van der Waals surface area contributed by atoms with Crippen LogP contribution in [0.15, 0.2) is 72.8 Å². The highest BCUT2D eigenvalue weighted by Crippen LogP contribution is 2.26. The Bertz CT molecular complexity index is 1160. The zero-order chi connectivity index (χ0) is 26.5. The molecule has 0 bridgehead atoms. The van der Waals surface area contributed by atoms with Gasteiger partial charge in [-0.3, -0.25) is 0 Å². The summed E-state index contributed by atoms with van der Waals surface area (Å²) in [4.78, 5) is 35.1. The summed E-state index contributed by atoms with van der Waals surface area (Å²) in [6.07, 6.45) is -0.164. The molecule has 8 heteroatoms. The van der Waals surface area contributed by atoms with Gasteiger partial charge in [-0.25, -0.2) is 9.59 Å². The minimum Gasteiger partial charge on any atom is -0.496 e. The molecule has 1 unspecified atom stereocenters. The van der Waals surface area contributed by atoms with Gasteiger partial charge >= 0.3 is 12.1 Å². The van der Waals surface area contributed by atoms with Crippen LogP contribution in [-0.4, -0.2) is 45.3 Å². The predicted octanol–water partition coefficient (Wildman–Crippen LogP) is 5.16. The zero-order valence-corrected chi connectivity index (χ0v) is 20.9. The molecule has 0 N–H and O–H groups in total. The van der Waals surface area contributed by atoms with E-state index in [1.165, 1.54) is 14.2 Å². The van der Waals surface area contributed by atoms with Crippen LogP contribution in [0.25, 0.3) is 11.1 Å². The molecule has 0 aliphatic heterocycles. The number of hydrogen-bond acceptors (Lipinski definition) is 8. The number of unbranched alkanes of at least 4 members (excludes halogenated alkanes) is 1. The van der Waals surface area contributed by atoms with Crippen molar-refractivity contribution in [3.8, 4) is 22.6 Å². The minimum absolute atomic E-state index is 0.0958. The number of rotatable bonds is 13. The summed E-state index contributed by atoms with van der Waals surface area (Å²) in [7, 11) is 2.67. The van der Waals surface area contributed by atoms with Crippen LogP contribution in [0.5, 0.6) is 11.5 Å². The van der Waals surface area contributed by atoms with Gasteiger partial charge in [0.1, 0.15) is 24.4 Å². The molecule has 3 aromatic carbocycles. The summed E-state index contributed by atoms with van der Waals surface area (Å²) in [6.45, 7) is 0.302. The average Bonchev–Trinajstić information content (AvgIpc) is 2.94. The van der Waals surface area contributed by atoms with Gasteiger partial charge in [-0.2, -0.15) is 0 Å². The Morgan fingerprint density at radius 3 is 2.32 bits per heavy atom. The van der Waals surface area contributed by atoms with Gasteiger partial charge in [-0.1, -0.05) is 54.6 Å². The van der Waals surface area contributed by atoms with Crippen LogP contribution in [0.2, 0.25) is 0 Å². The first-order valence-electron chi connectivity index (χ1n) is 11.8. The normalized spacial score (nSPS) is 11.2. The van der Waals surface area contributed by atoms with Gasteiger partial charge < -0.3 is 28.5 Å². The monoisotopic (exact) mass is 506 g/mol. The molecular weight excluding hydrogens is 476 g/mol. The number of ether oxygens (including phenoxy) is 5. The number of carbonyl (C=O) groups is 3. The first-order chi connectivity index (χ1) is 18.0. The summed E-state index contributed by atoms with van der Waals surface area (Å²) < 4.78 is 26.3. The maximum atomic E-state index is 12.9. The molecule has 0 aliphatic rings. The van der Waals surface area contributed by atoms with Crippen molar-refractivity contribution in [2.24, 2.45) is 0 Å². The molecule has 1 atom stereocenters. The van der Waals surface area contributed by atoms with Gasteiger partial charge in [0.15, 0.2) is 0 Å². The van der Waals surface area contributed by atoms with Crippen molar-refractivity contribution >= 4 is 18.4 Å². The van der Waals surface area contributed by atoms with Gasteiger partial charge in [0.05, 0.1) is 20.8 Å². The third-order valence-electron chi connectivity index (χ3n) is 5.51. The maximum absolute atomic E-state index is 12.9. The van der Waals surface area contributed by atoms with E-state index >= 15 is 0 Å². The van der Waals surface area contributed by atoms with Gasteiger partial charge in [0.25, 0.3) is 0 Å². The topological polar surface area (TPSA) is 97.4 Å². The smallest absolute Gasteiger partial charge is 0.496 e. The Labute approximate surface area is 216 Å². The molecule has 3 aromatic rings. The van der Waals surface area contributed by atoms with E-state index in [0.29, 0.717) is 36.5 Å². The lowest BCUT2D eigenvalue weighted by molar-refractivity contribution is -0.156. The molecule has 0 aliphatic carbocycles. The second kappa shape index (κ2) is 14.3. The van der Waals surface area contributed by atoms with E-state index in [1.54, 1.807) is 18.2 Å². The number of esters is 1. The third kappa shape index (κ3) is 8.38. The van der Waals surface area contributed by atoms with E-state index in [0.717, 1.165) is 23.0 Å². The van der Waals surface area contributed by atoms with Crippen LogP contribution < -0.4 is 9.47 Å². The Hall–Kier alpha value is -4.33. The van der Waals surface area contributed by atoms with Crippen molar-refractivity contribution < 1.29 is 38.1 Å². The van der Waals surface area contributed by atoms with E-state index in [1.807, 2.05) is 54.6 Å². The molecule has 0 saturated heterocycles. The molecule has 0 spiro atoms. The fraction of sp³-hybridized carbons (Fsp3) is 0.276. The van der Waals surface area contributed by atoms with Crippen LogP contribution >= 0.6 is 0 Å². The fourth-order valence-electron chi connectivity index (χ4n) is 3.55. The molecule has 37 heavy (non-hydrogen) atoms. The maximum Gasteiger partial charge on any atom is 0.508 e. The van der Waals surface area contributed by atoms with Crippen molar-refractivity contribution in [3.05, 3.63) is 83.9 Å². The van der Waals surface area contributed by atoms with E-state index in [4.69, 9.17) is 18.9 Å². The number of hydrogen-bond donors (Lipinski definition) is 0. The highest BCUT2D eigenvalue weighted by Gasteiger charge is 2.26. The number of methoxy groups -OCH3 is 2. The first-order valence-corrected chi connectivity index (χ1v) is 11.8. The number of benzene rings is 3. The van der Waals surface area contributed by atoms with Crippen LogP contribution in [0.4, 0.5) is 4.79 Å². The lowest BCUT2D eigenvalue weighted by Crippen LogP contribution is -2.31. The molecule has 0 aromatic heterocycles. The summed E-state index contributed by atoms with van der Waals surface area (Å²) >= 11 is 0. The average molecular weight is 507 g/mol. The van der Waals surface area contributed by atoms with Crippen LogP contribution in [0, 0.1) is 0 Å². The molecule has 0 saturated carbocycles. The number of carbonyl (C=O) groups excluding carboxylic acids is 3. The highest BCUT2D eigenvalue weighted by atomic mass is 16.7. The van der Waals surface area contributed by atoms with Crippen LogP contribution in [-0.2, 0) is 36.8 Å². The van der Waals surface area contributed by atoms with E-state index < -0.39 is 18.2 Å². The Morgan fingerprint density at radius 2 is 1.65 bits per heavy atom. The summed E-state index contributed by atoms with van der Waals surface area (Å²) in [5.41, 5.74) is 3.50. The molecule has 0 heterocycles. The van der Waals surface area contributed by atoms with Crippen LogP contribution in [0.3, 0.4) is 0 Å². The molecule has 0 amide bonds. The van der Waals surface area contributed by atoms with Crippen molar-refractivity contribution in [1.29, 1.82) is 0 Å². The molecule has 8 nitrogen and oxygen atoms in total. The summed E-state index contributed by atoms with van der Waals surface area (Å²) in [6, 6.07) is 22.7. The molecule has 194 valence electrons. The van der Waals surface area contributed by atoms with Gasteiger partial charge in [0.2, 0.25) is 6.10 Å². The van der Waals surface area contributed by atoms with Gasteiger partial charge in [-0.15, -0.1) is 0 Å². The van der Waals surface area contributed by atoms with E-state index in [9.17, 15) is 14.4 Å². The first kappa shape index (κ1) is 27.3. The standard InChI is InChI=1S/C29H30O8/c1-33-26-19-25(35-17-7-6-16-30)15-14-24(26)20-36-28(31)27(37-29(32)34-2)18-21-10-12-23(13-11-21)22-8-4-3-5-9-22/h3-5,8-16,19,27H,6-7,17-18,20H2,1-2H3. The number of aldehydes is 1. The molecular formula is C29H30O8. The van der Waals surface area contributed by atoms with Gasteiger partial charge in [0, 0.05) is 24.5 Å². The summed E-state index contributed by atoms with van der Waals surface area (Å²) in [5, 5.41) is 0. The van der Waals surface area contributed by atoms with E-state index in [-0.39, 0.29) is 13.0 Å². The third-order valence-corrected chi connectivity index (χ3v) is 5.51. The van der Waals surface area contributed by atoms with Crippen molar-refractivity contribution in [3.63, 3.8) is 0 Å². The Morgan fingerprint density at radius 1 is 0.919 bits per heavy atom. The van der Waals surface area contributed by atoms with Gasteiger partial charge in [-0.05, 0) is 35.2 Å². The van der Waals surface area contributed by atoms with E-state index in [2.05, 4.69) is 4.74 Å². The lowest BCUT2D eigenvalue weighted by atomic mass is 10.0. The molecule has 0 radical (unpaired) electrons. The Kier molecular flexibility index (Phi) is 10.5. The van der Waals surface area contributed by atoms with Crippen molar-refractivity contribution in [2.75, 3.05) is 20.8 Å². The quantitative estimate of drug-likeness (QED) is 0.178. The van der Waals surface area contributed by atoms with Crippen molar-refractivity contribution in [2.45, 2.75) is 32.0 Å². The summed E-state index contributed by atoms with van der Waals surface area (Å²) in [5.74, 6) is 0.333. The molecule has 3 rings (SSSR count).